The first-order chi connectivity index (χ1) is 10.9. The predicted octanol–water partition coefficient (Wildman–Crippen LogP) is 5.03. The maximum atomic E-state index is 12.6. The number of rotatable bonds is 3. The molecule has 3 aromatic rings. The van der Waals surface area contributed by atoms with Gasteiger partial charge in [-0.15, -0.1) is 0 Å². The quantitative estimate of drug-likeness (QED) is 0.529. The van der Waals surface area contributed by atoms with Crippen LogP contribution >= 0.6 is 23.2 Å². The van der Waals surface area contributed by atoms with E-state index in [0.717, 1.165) is 0 Å². The predicted molar refractivity (Wildman–Crippen MR) is 82.5 cm³/mol. The molecule has 3 rings (SSSR count). The summed E-state index contributed by atoms with van der Waals surface area (Å²) >= 11 is 11.7. The number of benzene rings is 2. The van der Waals surface area contributed by atoms with Crippen molar-refractivity contribution in [2.75, 3.05) is 0 Å². The Labute approximate surface area is 139 Å². The fourth-order valence-corrected chi connectivity index (χ4v) is 2.42. The number of esters is 1. The van der Waals surface area contributed by atoms with Gasteiger partial charge in [-0.1, -0.05) is 23.2 Å². The second-order valence-electron chi connectivity index (χ2n) is 4.62. The molecule has 0 aliphatic heterocycles. The maximum Gasteiger partial charge on any atom is 0.343 e. The zero-order chi connectivity index (χ0) is 16.6. The van der Waals surface area contributed by atoms with Gasteiger partial charge in [-0.3, -0.25) is 0 Å². The summed E-state index contributed by atoms with van der Waals surface area (Å²) < 4.78 is 30.4. The van der Waals surface area contributed by atoms with Crippen LogP contribution in [0.25, 0.3) is 11.0 Å². The van der Waals surface area contributed by atoms with Crippen LogP contribution in [0.1, 0.15) is 22.6 Å². The summed E-state index contributed by atoms with van der Waals surface area (Å²) in [4.78, 5) is 18.3. The molecule has 0 spiro atoms. The van der Waals surface area contributed by atoms with Gasteiger partial charge in [0.05, 0.1) is 21.6 Å². The summed E-state index contributed by atoms with van der Waals surface area (Å²) in [7, 11) is 0. The minimum absolute atomic E-state index is 0.152. The molecule has 4 nitrogen and oxygen atoms in total. The number of imidazole rings is 1. The Kier molecular flexibility index (Phi) is 4.19. The van der Waals surface area contributed by atoms with Crippen molar-refractivity contribution in [2.45, 2.75) is 6.43 Å². The van der Waals surface area contributed by atoms with Gasteiger partial charge in [0, 0.05) is 5.02 Å². The normalized spacial score (nSPS) is 11.2. The summed E-state index contributed by atoms with van der Waals surface area (Å²) in [6, 6.07) is 8.72. The van der Waals surface area contributed by atoms with E-state index in [4.69, 9.17) is 27.9 Å². The molecule has 0 unspecified atom stereocenters. The fraction of sp³-hybridized carbons (Fsp3) is 0.0667. The second-order valence-corrected chi connectivity index (χ2v) is 5.46. The lowest BCUT2D eigenvalue weighted by Gasteiger charge is -2.06. The van der Waals surface area contributed by atoms with E-state index in [1.165, 1.54) is 36.4 Å². The molecule has 2 aromatic carbocycles. The zero-order valence-electron chi connectivity index (χ0n) is 11.3. The number of fused-ring (bicyclic) bond motifs is 1. The molecular weight excluding hydrogens is 349 g/mol. The van der Waals surface area contributed by atoms with Crippen molar-refractivity contribution < 1.29 is 18.3 Å². The molecule has 0 fully saturated rings. The van der Waals surface area contributed by atoms with Gasteiger partial charge in [-0.05, 0) is 36.4 Å². The molecular formula is C15H8Cl2F2N2O2. The molecule has 1 N–H and O–H groups in total. The Balaban J connectivity index is 1.88. The lowest BCUT2D eigenvalue weighted by atomic mass is 10.2. The number of aromatic amines is 1. The molecule has 0 atom stereocenters. The van der Waals surface area contributed by atoms with Gasteiger partial charge in [0.2, 0.25) is 0 Å². The molecule has 0 aliphatic carbocycles. The Bertz CT molecular complexity index is 896. The smallest absolute Gasteiger partial charge is 0.343 e. The Morgan fingerprint density at radius 3 is 2.65 bits per heavy atom. The maximum absolute atomic E-state index is 12.6. The second kappa shape index (κ2) is 6.14. The topological polar surface area (TPSA) is 55.0 Å². The van der Waals surface area contributed by atoms with E-state index in [0.29, 0.717) is 16.1 Å². The van der Waals surface area contributed by atoms with E-state index in [9.17, 15) is 13.6 Å². The molecule has 0 aliphatic rings. The SMILES string of the molecule is O=C(Oc1ccc(Cl)cc1Cl)c1ccc2nc(C(F)F)[nH]c2c1. The summed E-state index contributed by atoms with van der Waals surface area (Å²) in [5.41, 5.74) is 0.825. The average Bonchev–Trinajstić information content (AvgIpc) is 2.93. The zero-order valence-corrected chi connectivity index (χ0v) is 12.8. The van der Waals surface area contributed by atoms with Gasteiger partial charge >= 0.3 is 5.97 Å². The molecule has 0 saturated carbocycles. The Hall–Kier alpha value is -2.18. The van der Waals surface area contributed by atoms with Gasteiger partial charge in [-0.25, -0.2) is 18.6 Å². The molecule has 0 saturated heterocycles. The van der Waals surface area contributed by atoms with E-state index >= 15 is 0 Å². The third-order valence-corrected chi connectivity index (χ3v) is 3.57. The summed E-state index contributed by atoms with van der Waals surface area (Å²) in [6.07, 6.45) is -2.72. The number of alkyl halides is 2. The molecule has 8 heteroatoms. The Morgan fingerprint density at radius 1 is 1.17 bits per heavy atom. The van der Waals surface area contributed by atoms with Crippen LogP contribution in [0.3, 0.4) is 0 Å². The summed E-state index contributed by atoms with van der Waals surface area (Å²) in [5.74, 6) is -0.977. The molecule has 0 radical (unpaired) electrons. The van der Waals surface area contributed by atoms with Crippen molar-refractivity contribution in [3.63, 3.8) is 0 Å². The summed E-state index contributed by atoms with van der Waals surface area (Å²) in [5, 5.41) is 0.599. The lowest BCUT2D eigenvalue weighted by molar-refractivity contribution is 0.0735. The minimum atomic E-state index is -2.72. The van der Waals surface area contributed by atoms with Crippen LogP contribution in [-0.2, 0) is 0 Å². The van der Waals surface area contributed by atoms with Crippen LogP contribution in [0.2, 0.25) is 10.0 Å². The van der Waals surface area contributed by atoms with Crippen LogP contribution < -0.4 is 4.74 Å². The minimum Gasteiger partial charge on any atom is -0.421 e. The number of nitrogens with one attached hydrogen (secondary N) is 1. The van der Waals surface area contributed by atoms with E-state index in [1.807, 2.05) is 0 Å². The number of hydrogen-bond donors (Lipinski definition) is 1. The number of hydrogen-bond acceptors (Lipinski definition) is 3. The van der Waals surface area contributed by atoms with E-state index in [1.54, 1.807) is 0 Å². The fourth-order valence-electron chi connectivity index (χ4n) is 1.98. The van der Waals surface area contributed by atoms with Crippen LogP contribution in [-0.4, -0.2) is 15.9 Å². The van der Waals surface area contributed by atoms with Crippen molar-refractivity contribution in [2.24, 2.45) is 0 Å². The highest BCUT2D eigenvalue weighted by Crippen LogP contribution is 2.28. The lowest BCUT2D eigenvalue weighted by Crippen LogP contribution is -2.08. The van der Waals surface area contributed by atoms with Crippen LogP contribution in [0.5, 0.6) is 5.75 Å². The number of nitrogens with zero attached hydrogens (tertiary/aromatic N) is 1. The summed E-state index contributed by atoms with van der Waals surface area (Å²) in [6.45, 7) is 0. The number of halogens is 4. The van der Waals surface area contributed by atoms with E-state index < -0.39 is 18.2 Å². The van der Waals surface area contributed by atoms with Crippen molar-refractivity contribution in [1.82, 2.24) is 9.97 Å². The van der Waals surface area contributed by atoms with Crippen LogP contribution in [0.15, 0.2) is 36.4 Å². The number of aromatic nitrogens is 2. The molecule has 0 bridgehead atoms. The highest BCUT2D eigenvalue weighted by molar-refractivity contribution is 6.35. The van der Waals surface area contributed by atoms with E-state index in [-0.39, 0.29) is 16.3 Å². The number of carbonyl (C=O) groups excluding carboxylic acids is 1. The van der Waals surface area contributed by atoms with Crippen molar-refractivity contribution in [3.8, 4) is 5.75 Å². The van der Waals surface area contributed by atoms with Crippen molar-refractivity contribution in [1.29, 1.82) is 0 Å². The third-order valence-electron chi connectivity index (χ3n) is 3.04. The monoisotopic (exact) mass is 356 g/mol. The highest BCUT2D eigenvalue weighted by Gasteiger charge is 2.16. The third kappa shape index (κ3) is 3.28. The molecule has 1 heterocycles. The largest absolute Gasteiger partial charge is 0.421 e. The first-order valence-electron chi connectivity index (χ1n) is 6.39. The highest BCUT2D eigenvalue weighted by atomic mass is 35.5. The molecule has 118 valence electrons. The van der Waals surface area contributed by atoms with Crippen LogP contribution in [0.4, 0.5) is 8.78 Å². The van der Waals surface area contributed by atoms with Gasteiger partial charge in [0.1, 0.15) is 5.75 Å². The molecule has 23 heavy (non-hydrogen) atoms. The molecule has 0 amide bonds. The number of carbonyl (C=O) groups is 1. The first-order valence-corrected chi connectivity index (χ1v) is 7.14. The van der Waals surface area contributed by atoms with Crippen LogP contribution in [0, 0.1) is 0 Å². The first kappa shape index (κ1) is 15.7. The van der Waals surface area contributed by atoms with Gasteiger partial charge in [-0.2, -0.15) is 0 Å². The van der Waals surface area contributed by atoms with Gasteiger partial charge < -0.3 is 9.72 Å². The Morgan fingerprint density at radius 2 is 1.96 bits per heavy atom. The number of H-pyrrole nitrogens is 1. The van der Waals surface area contributed by atoms with E-state index in [2.05, 4.69) is 9.97 Å². The average molecular weight is 357 g/mol. The number of ether oxygens (including phenoxy) is 1. The van der Waals surface area contributed by atoms with Crippen molar-refractivity contribution >= 4 is 40.2 Å². The molecule has 1 aromatic heterocycles. The van der Waals surface area contributed by atoms with Gasteiger partial charge in [0.15, 0.2) is 5.82 Å². The standard InChI is InChI=1S/C15H8Cl2F2N2O2/c16-8-2-4-12(9(17)6-8)23-15(22)7-1-3-10-11(5-7)21-14(20-10)13(18)19/h1-6,13H,(H,20,21). The van der Waals surface area contributed by atoms with Gasteiger partial charge in [0.25, 0.3) is 6.43 Å². The van der Waals surface area contributed by atoms with Crippen molar-refractivity contribution in [3.05, 3.63) is 57.8 Å².